The first kappa shape index (κ1) is 11.3. The molecule has 1 aliphatic carbocycles. The molecule has 0 aliphatic heterocycles. The van der Waals surface area contributed by atoms with Crippen molar-refractivity contribution in [1.29, 1.82) is 0 Å². The van der Waals surface area contributed by atoms with Crippen LogP contribution in [0.15, 0.2) is 36.4 Å². The van der Waals surface area contributed by atoms with Crippen LogP contribution in [-0.2, 0) is 9.53 Å². The molecule has 0 saturated carbocycles. The number of carbonyl (C=O) groups is 1. The second-order valence-electron chi connectivity index (χ2n) is 4.30. The first-order chi connectivity index (χ1) is 8.66. The number of carbonyl (C=O) groups excluding carboxylic acids is 1. The van der Waals surface area contributed by atoms with Gasteiger partial charge < -0.3 is 4.74 Å². The Balaban J connectivity index is 2.27. The number of ether oxygens (including phenoxy) is 1. The highest BCUT2D eigenvalue weighted by atomic mass is 35.5. The van der Waals surface area contributed by atoms with Gasteiger partial charge in [0.2, 0.25) is 0 Å². The van der Waals surface area contributed by atoms with Crippen molar-refractivity contribution >= 4 is 34.4 Å². The summed E-state index contributed by atoms with van der Waals surface area (Å²) in [6.45, 7) is 1.42. The zero-order valence-corrected chi connectivity index (χ0v) is 10.6. The maximum Gasteiger partial charge on any atom is 0.303 e. The quantitative estimate of drug-likeness (QED) is 0.719. The summed E-state index contributed by atoms with van der Waals surface area (Å²) in [6, 6.07) is 9.83. The predicted octanol–water partition coefficient (Wildman–Crippen LogP) is 4.12. The summed E-state index contributed by atoms with van der Waals surface area (Å²) < 4.78 is 5.31. The topological polar surface area (TPSA) is 26.3 Å². The van der Waals surface area contributed by atoms with E-state index in [4.69, 9.17) is 16.3 Å². The Kier molecular flexibility index (Phi) is 2.60. The third-order valence-electron chi connectivity index (χ3n) is 3.10. The van der Waals surface area contributed by atoms with Crippen LogP contribution in [0.2, 0.25) is 5.02 Å². The normalized spacial score (nSPS) is 16.9. The summed E-state index contributed by atoms with van der Waals surface area (Å²) in [6.07, 6.45) is 3.47. The number of hydrogen-bond acceptors (Lipinski definition) is 2. The van der Waals surface area contributed by atoms with E-state index in [-0.39, 0.29) is 12.1 Å². The third kappa shape index (κ3) is 1.70. The lowest BCUT2D eigenvalue weighted by molar-refractivity contribution is -0.144. The van der Waals surface area contributed by atoms with Gasteiger partial charge in [0.05, 0.1) is 0 Å². The summed E-state index contributed by atoms with van der Waals surface area (Å²) in [5.74, 6) is -0.285. The Labute approximate surface area is 110 Å². The van der Waals surface area contributed by atoms with Gasteiger partial charge in [-0.25, -0.2) is 0 Å². The highest BCUT2D eigenvalue weighted by Gasteiger charge is 2.20. The van der Waals surface area contributed by atoms with E-state index in [9.17, 15) is 4.79 Å². The van der Waals surface area contributed by atoms with Gasteiger partial charge in [0.15, 0.2) is 0 Å². The lowest BCUT2D eigenvalue weighted by atomic mass is 9.91. The SMILES string of the molecule is CC(=O)OC1C=Cc2c(Cl)ccc3cccc1c23. The molecule has 2 aromatic rings. The minimum atomic E-state index is -0.322. The lowest BCUT2D eigenvalue weighted by Gasteiger charge is -2.21. The van der Waals surface area contributed by atoms with Crippen LogP contribution in [0.4, 0.5) is 0 Å². The number of esters is 1. The minimum Gasteiger partial charge on any atom is -0.453 e. The third-order valence-corrected chi connectivity index (χ3v) is 3.43. The van der Waals surface area contributed by atoms with Gasteiger partial charge in [-0.1, -0.05) is 41.9 Å². The van der Waals surface area contributed by atoms with Crippen molar-refractivity contribution in [3.8, 4) is 0 Å². The van der Waals surface area contributed by atoms with Gasteiger partial charge in [0.1, 0.15) is 6.10 Å². The molecule has 3 heteroatoms. The van der Waals surface area contributed by atoms with Gasteiger partial charge >= 0.3 is 5.97 Å². The summed E-state index contributed by atoms with van der Waals surface area (Å²) in [4.78, 5) is 11.1. The van der Waals surface area contributed by atoms with E-state index in [2.05, 4.69) is 0 Å². The van der Waals surface area contributed by atoms with Gasteiger partial charge in [0.25, 0.3) is 0 Å². The zero-order chi connectivity index (χ0) is 12.7. The van der Waals surface area contributed by atoms with Gasteiger partial charge in [-0.2, -0.15) is 0 Å². The van der Waals surface area contributed by atoms with Crippen molar-refractivity contribution in [3.63, 3.8) is 0 Å². The first-order valence-corrected chi connectivity index (χ1v) is 6.11. The maximum atomic E-state index is 11.1. The van der Waals surface area contributed by atoms with Crippen LogP contribution < -0.4 is 0 Å². The van der Waals surface area contributed by atoms with E-state index in [0.717, 1.165) is 21.9 Å². The second-order valence-corrected chi connectivity index (χ2v) is 4.70. The van der Waals surface area contributed by atoms with Crippen LogP contribution in [0.1, 0.15) is 24.2 Å². The van der Waals surface area contributed by atoms with Crippen molar-refractivity contribution in [1.82, 2.24) is 0 Å². The molecular weight excluding hydrogens is 248 g/mol. The minimum absolute atomic E-state index is 0.285. The van der Waals surface area contributed by atoms with E-state index in [1.54, 1.807) is 0 Å². The zero-order valence-electron chi connectivity index (χ0n) is 9.81. The van der Waals surface area contributed by atoms with Crippen LogP contribution in [0, 0.1) is 0 Å². The first-order valence-electron chi connectivity index (χ1n) is 5.73. The fourth-order valence-corrected chi connectivity index (χ4v) is 2.60. The predicted molar refractivity (Wildman–Crippen MR) is 72.5 cm³/mol. The molecule has 2 aromatic carbocycles. The number of hydrogen-bond donors (Lipinski definition) is 0. The van der Waals surface area contributed by atoms with Crippen molar-refractivity contribution < 1.29 is 9.53 Å². The van der Waals surface area contributed by atoms with Gasteiger partial charge in [-0.15, -0.1) is 0 Å². The Morgan fingerprint density at radius 1 is 1.28 bits per heavy atom. The summed E-state index contributed by atoms with van der Waals surface area (Å²) in [7, 11) is 0. The summed E-state index contributed by atoms with van der Waals surface area (Å²) >= 11 is 6.20. The molecule has 0 fully saturated rings. The van der Waals surface area contributed by atoms with Crippen molar-refractivity contribution in [2.75, 3.05) is 0 Å². The van der Waals surface area contributed by atoms with Crippen molar-refractivity contribution in [2.45, 2.75) is 13.0 Å². The Morgan fingerprint density at radius 2 is 2.11 bits per heavy atom. The molecule has 0 amide bonds. The maximum absolute atomic E-state index is 11.1. The standard InChI is InChI=1S/C15H11ClO2/c1-9(17)18-14-8-6-11-13(16)7-5-10-3-2-4-12(14)15(10)11/h2-8,14H,1H3. The Morgan fingerprint density at radius 3 is 2.89 bits per heavy atom. The summed E-state index contributed by atoms with van der Waals surface area (Å²) in [5.41, 5.74) is 1.98. The highest BCUT2D eigenvalue weighted by molar-refractivity contribution is 6.33. The largest absolute Gasteiger partial charge is 0.453 e. The second kappa shape index (κ2) is 4.14. The highest BCUT2D eigenvalue weighted by Crippen LogP contribution is 2.38. The summed E-state index contributed by atoms with van der Waals surface area (Å²) in [5, 5.41) is 2.89. The molecular formula is C15H11ClO2. The molecule has 0 spiro atoms. The molecule has 0 N–H and O–H groups in total. The molecule has 0 aromatic heterocycles. The molecule has 1 unspecified atom stereocenters. The van der Waals surface area contributed by atoms with Crippen LogP contribution >= 0.6 is 11.6 Å². The fourth-order valence-electron chi connectivity index (χ4n) is 2.38. The average molecular weight is 259 g/mol. The molecule has 3 rings (SSSR count). The number of rotatable bonds is 1. The number of benzene rings is 2. The molecule has 90 valence electrons. The Bertz CT molecular complexity index is 673. The van der Waals surface area contributed by atoms with Gasteiger partial charge in [-0.3, -0.25) is 4.79 Å². The van der Waals surface area contributed by atoms with E-state index in [1.165, 1.54) is 6.92 Å². The van der Waals surface area contributed by atoms with Gasteiger partial charge in [-0.05, 0) is 22.9 Å². The molecule has 0 radical (unpaired) electrons. The molecule has 1 atom stereocenters. The fraction of sp³-hybridized carbons (Fsp3) is 0.133. The van der Waals surface area contributed by atoms with Gasteiger partial charge in [0, 0.05) is 23.1 Å². The van der Waals surface area contributed by atoms with Crippen molar-refractivity contribution in [2.24, 2.45) is 0 Å². The molecule has 0 saturated heterocycles. The average Bonchev–Trinajstić information content (AvgIpc) is 2.35. The van der Waals surface area contributed by atoms with Crippen LogP contribution in [0.3, 0.4) is 0 Å². The smallest absolute Gasteiger partial charge is 0.303 e. The van der Waals surface area contributed by atoms with Crippen molar-refractivity contribution in [3.05, 3.63) is 52.6 Å². The molecule has 0 heterocycles. The Hall–Kier alpha value is -1.80. The van der Waals surface area contributed by atoms with Crippen LogP contribution in [0.5, 0.6) is 0 Å². The molecule has 2 nitrogen and oxygen atoms in total. The molecule has 18 heavy (non-hydrogen) atoms. The molecule has 1 aliphatic rings. The van der Waals surface area contributed by atoms with E-state index >= 15 is 0 Å². The van der Waals surface area contributed by atoms with Crippen LogP contribution in [-0.4, -0.2) is 5.97 Å². The van der Waals surface area contributed by atoms with E-state index in [1.807, 2.05) is 42.5 Å². The molecule has 0 bridgehead atoms. The lowest BCUT2D eigenvalue weighted by Crippen LogP contribution is -2.09. The van der Waals surface area contributed by atoms with Crippen LogP contribution in [0.25, 0.3) is 16.8 Å². The van der Waals surface area contributed by atoms with E-state index < -0.39 is 0 Å². The number of halogens is 1. The monoisotopic (exact) mass is 258 g/mol. The van der Waals surface area contributed by atoms with E-state index in [0.29, 0.717) is 5.02 Å².